The van der Waals surface area contributed by atoms with Crippen molar-refractivity contribution in [2.45, 2.75) is 25.6 Å². The lowest BCUT2D eigenvalue weighted by Crippen LogP contribution is -2.26. The summed E-state index contributed by atoms with van der Waals surface area (Å²) in [6, 6.07) is 4.97. The van der Waals surface area contributed by atoms with Crippen LogP contribution in [0.1, 0.15) is 30.5 Å². The zero-order valence-electron chi connectivity index (χ0n) is 11.0. The monoisotopic (exact) mass is 287 g/mol. The highest BCUT2D eigenvalue weighted by Gasteiger charge is 2.32. The maximum Gasteiger partial charge on any atom is 0.416 e. The Balaban J connectivity index is 2.07. The van der Waals surface area contributed by atoms with Crippen molar-refractivity contribution in [3.8, 4) is 0 Å². The molecule has 1 heterocycles. The van der Waals surface area contributed by atoms with Gasteiger partial charge in [-0.3, -0.25) is 9.69 Å². The molecule has 2 rings (SSSR count). The highest BCUT2D eigenvalue weighted by atomic mass is 19.4. The minimum atomic E-state index is -4.33. The van der Waals surface area contributed by atoms with Gasteiger partial charge in [0, 0.05) is 12.6 Å². The third-order valence-corrected chi connectivity index (χ3v) is 3.84. The summed E-state index contributed by atoms with van der Waals surface area (Å²) in [5.74, 6) is -1.20. The normalized spacial score (nSPS) is 21.9. The van der Waals surface area contributed by atoms with Crippen molar-refractivity contribution in [3.05, 3.63) is 35.4 Å². The molecular weight excluding hydrogens is 271 g/mol. The Morgan fingerprint density at radius 3 is 2.40 bits per heavy atom. The average molecular weight is 287 g/mol. The first-order valence-electron chi connectivity index (χ1n) is 6.43. The molecule has 2 unspecified atom stereocenters. The molecule has 6 heteroatoms. The number of aliphatic carboxylic acids is 1. The molecule has 3 nitrogen and oxygen atoms in total. The Bertz CT molecular complexity index is 484. The van der Waals surface area contributed by atoms with E-state index in [4.69, 9.17) is 5.11 Å². The number of carbonyl (C=O) groups is 1. The fourth-order valence-corrected chi connectivity index (χ4v) is 2.50. The van der Waals surface area contributed by atoms with Gasteiger partial charge in [0.05, 0.1) is 11.5 Å². The molecule has 0 saturated carbocycles. The van der Waals surface area contributed by atoms with Crippen LogP contribution in [0.15, 0.2) is 24.3 Å². The van der Waals surface area contributed by atoms with Crippen LogP contribution in [0, 0.1) is 5.92 Å². The smallest absolute Gasteiger partial charge is 0.416 e. The van der Waals surface area contributed by atoms with E-state index in [-0.39, 0.29) is 12.0 Å². The molecule has 0 aliphatic carbocycles. The molecule has 20 heavy (non-hydrogen) atoms. The molecule has 1 saturated heterocycles. The maximum atomic E-state index is 12.5. The second kappa shape index (κ2) is 5.44. The van der Waals surface area contributed by atoms with Crippen LogP contribution in [-0.2, 0) is 11.0 Å². The molecule has 1 aliphatic rings. The Morgan fingerprint density at radius 1 is 1.35 bits per heavy atom. The Hall–Kier alpha value is -1.56. The SMILES string of the molecule is CC(c1ccc(C(F)(F)F)cc1)N1CCC(C(=O)O)C1. The lowest BCUT2D eigenvalue weighted by atomic mass is 10.0. The molecular formula is C14H16F3NO2. The van der Waals surface area contributed by atoms with Crippen LogP contribution in [0.2, 0.25) is 0 Å². The number of rotatable bonds is 3. The molecule has 0 radical (unpaired) electrons. The van der Waals surface area contributed by atoms with Crippen LogP contribution in [0.3, 0.4) is 0 Å². The number of alkyl halides is 3. The summed E-state index contributed by atoms with van der Waals surface area (Å²) in [6.45, 7) is 2.98. The molecule has 0 aromatic heterocycles. The van der Waals surface area contributed by atoms with E-state index in [1.165, 1.54) is 12.1 Å². The molecule has 2 atom stereocenters. The molecule has 0 amide bonds. The van der Waals surface area contributed by atoms with Gasteiger partial charge in [-0.25, -0.2) is 0 Å². The summed E-state index contributed by atoms with van der Waals surface area (Å²) in [5.41, 5.74) is 0.0994. The van der Waals surface area contributed by atoms with E-state index < -0.39 is 17.7 Å². The third-order valence-electron chi connectivity index (χ3n) is 3.84. The van der Waals surface area contributed by atoms with Crippen LogP contribution < -0.4 is 0 Å². The number of likely N-dealkylation sites (tertiary alicyclic amines) is 1. The van der Waals surface area contributed by atoms with E-state index in [9.17, 15) is 18.0 Å². The standard InChI is InChI=1S/C14H16F3NO2/c1-9(18-7-6-11(8-18)13(19)20)10-2-4-12(5-3-10)14(15,16)17/h2-5,9,11H,6-8H2,1H3,(H,19,20). The van der Waals surface area contributed by atoms with E-state index in [0.717, 1.165) is 17.7 Å². The summed E-state index contributed by atoms with van der Waals surface area (Å²) in [4.78, 5) is 12.9. The van der Waals surface area contributed by atoms with Crippen molar-refractivity contribution in [2.75, 3.05) is 13.1 Å². The van der Waals surface area contributed by atoms with Gasteiger partial charge < -0.3 is 5.11 Å². The quantitative estimate of drug-likeness (QED) is 0.928. The zero-order valence-corrected chi connectivity index (χ0v) is 11.0. The van der Waals surface area contributed by atoms with Gasteiger partial charge in [0.25, 0.3) is 0 Å². The molecule has 1 aliphatic heterocycles. The molecule has 0 bridgehead atoms. The van der Waals surface area contributed by atoms with E-state index in [1.807, 2.05) is 11.8 Å². The number of hydrogen-bond acceptors (Lipinski definition) is 2. The van der Waals surface area contributed by atoms with Crippen molar-refractivity contribution >= 4 is 5.97 Å². The molecule has 0 spiro atoms. The lowest BCUT2D eigenvalue weighted by Gasteiger charge is -2.24. The van der Waals surface area contributed by atoms with E-state index >= 15 is 0 Å². The van der Waals surface area contributed by atoms with Gasteiger partial charge in [0.1, 0.15) is 0 Å². The van der Waals surface area contributed by atoms with Crippen LogP contribution in [-0.4, -0.2) is 29.1 Å². The summed E-state index contributed by atoms with van der Waals surface area (Å²) < 4.78 is 37.5. The van der Waals surface area contributed by atoms with Crippen molar-refractivity contribution in [1.82, 2.24) is 4.90 Å². The van der Waals surface area contributed by atoms with Gasteiger partial charge in [0.15, 0.2) is 0 Å². The summed E-state index contributed by atoms with van der Waals surface area (Å²) >= 11 is 0. The third kappa shape index (κ3) is 3.12. The van der Waals surface area contributed by atoms with Crippen LogP contribution in [0.25, 0.3) is 0 Å². The largest absolute Gasteiger partial charge is 0.481 e. The first-order valence-corrected chi connectivity index (χ1v) is 6.43. The first-order chi connectivity index (χ1) is 9.29. The van der Waals surface area contributed by atoms with Crippen LogP contribution in [0.4, 0.5) is 13.2 Å². The minimum absolute atomic E-state index is 0.0818. The van der Waals surface area contributed by atoms with Gasteiger partial charge in [-0.1, -0.05) is 12.1 Å². The molecule has 1 aromatic rings. The highest BCUT2D eigenvalue weighted by Crippen LogP contribution is 2.32. The lowest BCUT2D eigenvalue weighted by molar-refractivity contribution is -0.141. The van der Waals surface area contributed by atoms with Gasteiger partial charge in [0.2, 0.25) is 0 Å². The van der Waals surface area contributed by atoms with Gasteiger partial charge in [-0.05, 0) is 37.6 Å². The fraction of sp³-hybridized carbons (Fsp3) is 0.500. The maximum absolute atomic E-state index is 12.5. The number of carboxylic acid groups (broad SMARTS) is 1. The molecule has 110 valence electrons. The molecule has 1 N–H and O–H groups in total. The topological polar surface area (TPSA) is 40.5 Å². The second-order valence-electron chi connectivity index (χ2n) is 5.11. The first kappa shape index (κ1) is 14.8. The number of carboxylic acids is 1. The summed E-state index contributed by atoms with van der Waals surface area (Å²) in [7, 11) is 0. The van der Waals surface area contributed by atoms with Crippen molar-refractivity contribution in [3.63, 3.8) is 0 Å². The van der Waals surface area contributed by atoms with Crippen molar-refractivity contribution < 1.29 is 23.1 Å². The predicted octanol–water partition coefficient (Wildman–Crippen LogP) is 3.17. The van der Waals surface area contributed by atoms with Crippen molar-refractivity contribution in [2.24, 2.45) is 5.92 Å². The minimum Gasteiger partial charge on any atom is -0.481 e. The van der Waals surface area contributed by atoms with E-state index in [0.29, 0.717) is 19.5 Å². The summed E-state index contributed by atoms with van der Waals surface area (Å²) in [5, 5.41) is 8.96. The zero-order chi connectivity index (χ0) is 14.9. The van der Waals surface area contributed by atoms with Gasteiger partial charge >= 0.3 is 12.1 Å². The predicted molar refractivity (Wildman–Crippen MR) is 67.2 cm³/mol. The summed E-state index contributed by atoms with van der Waals surface area (Å²) in [6.07, 6.45) is -3.75. The van der Waals surface area contributed by atoms with Gasteiger partial charge in [-0.2, -0.15) is 13.2 Å². The number of halogens is 3. The molecule has 1 aromatic carbocycles. The Morgan fingerprint density at radius 2 is 1.95 bits per heavy atom. The van der Waals surface area contributed by atoms with E-state index in [2.05, 4.69) is 0 Å². The Kier molecular flexibility index (Phi) is 4.04. The number of hydrogen-bond donors (Lipinski definition) is 1. The van der Waals surface area contributed by atoms with E-state index in [1.54, 1.807) is 0 Å². The molecule has 1 fully saturated rings. The van der Waals surface area contributed by atoms with Gasteiger partial charge in [-0.15, -0.1) is 0 Å². The van der Waals surface area contributed by atoms with Crippen molar-refractivity contribution in [1.29, 1.82) is 0 Å². The Labute approximate surface area is 115 Å². The van der Waals surface area contributed by atoms with Crippen LogP contribution >= 0.6 is 0 Å². The van der Waals surface area contributed by atoms with Crippen LogP contribution in [0.5, 0.6) is 0 Å². The fourth-order valence-electron chi connectivity index (χ4n) is 2.50. The number of benzene rings is 1. The average Bonchev–Trinajstić information content (AvgIpc) is 2.86. The highest BCUT2D eigenvalue weighted by molar-refractivity contribution is 5.70. The number of nitrogens with zero attached hydrogens (tertiary/aromatic N) is 1. The second-order valence-corrected chi connectivity index (χ2v) is 5.11.